The lowest BCUT2D eigenvalue weighted by Crippen LogP contribution is -2.37. The van der Waals surface area contributed by atoms with E-state index in [2.05, 4.69) is 25.1 Å². The molecule has 0 aliphatic rings. The molecule has 23 heavy (non-hydrogen) atoms. The molecule has 0 amide bonds. The first-order chi connectivity index (χ1) is 11.3. The number of rotatable bonds is 5. The summed E-state index contributed by atoms with van der Waals surface area (Å²) in [4.78, 5) is 12.4. The molecule has 2 nitrogen and oxygen atoms in total. The smallest absolute Gasteiger partial charge is 0.227 e. The van der Waals surface area contributed by atoms with Crippen LogP contribution in [0.3, 0.4) is 0 Å². The molecule has 0 atom stereocenters. The quantitative estimate of drug-likeness (QED) is 0.514. The maximum Gasteiger partial charge on any atom is 0.227 e. The average molecular weight is 302 g/mol. The summed E-state index contributed by atoms with van der Waals surface area (Å²) in [7, 11) is 0. The van der Waals surface area contributed by atoms with E-state index < -0.39 is 0 Å². The summed E-state index contributed by atoms with van der Waals surface area (Å²) >= 11 is 0. The zero-order valence-electron chi connectivity index (χ0n) is 13.3. The van der Waals surface area contributed by atoms with Gasteiger partial charge in [-0.15, -0.1) is 0 Å². The van der Waals surface area contributed by atoms with Gasteiger partial charge in [0.25, 0.3) is 0 Å². The molecule has 0 unspecified atom stereocenters. The highest BCUT2D eigenvalue weighted by Crippen LogP contribution is 2.16. The second-order valence-corrected chi connectivity index (χ2v) is 5.60. The van der Waals surface area contributed by atoms with Crippen LogP contribution in [0.1, 0.15) is 22.8 Å². The monoisotopic (exact) mass is 302 g/mol. The Labute approximate surface area is 137 Å². The number of carbonyl (C=O) groups is 1. The van der Waals surface area contributed by atoms with Gasteiger partial charge in [0.1, 0.15) is 0 Å². The summed E-state index contributed by atoms with van der Waals surface area (Å²) < 4.78 is 1.94. The van der Waals surface area contributed by atoms with Crippen LogP contribution in [0, 0.1) is 0 Å². The molecular formula is C21H20NO+. The molecule has 0 saturated heterocycles. The van der Waals surface area contributed by atoms with Crippen molar-refractivity contribution in [3.05, 3.63) is 90.3 Å². The number of aromatic nitrogens is 1. The predicted octanol–water partition coefficient (Wildman–Crippen LogP) is 4.09. The van der Waals surface area contributed by atoms with E-state index in [0.717, 1.165) is 23.1 Å². The summed E-state index contributed by atoms with van der Waals surface area (Å²) in [5.41, 5.74) is 4.28. The van der Waals surface area contributed by atoms with E-state index >= 15 is 0 Å². The zero-order chi connectivity index (χ0) is 16.1. The number of hydrogen-bond acceptors (Lipinski definition) is 1. The van der Waals surface area contributed by atoms with Gasteiger partial charge in [-0.1, -0.05) is 61.5 Å². The van der Waals surface area contributed by atoms with E-state index in [4.69, 9.17) is 0 Å². The third kappa shape index (κ3) is 3.72. The Morgan fingerprint density at radius 2 is 1.57 bits per heavy atom. The van der Waals surface area contributed by atoms with Crippen LogP contribution < -0.4 is 4.57 Å². The summed E-state index contributed by atoms with van der Waals surface area (Å²) in [6.07, 6.45) is 4.95. The highest BCUT2D eigenvalue weighted by atomic mass is 16.1. The van der Waals surface area contributed by atoms with Gasteiger partial charge < -0.3 is 0 Å². The van der Waals surface area contributed by atoms with Crippen molar-refractivity contribution in [3.63, 3.8) is 0 Å². The molecule has 1 heterocycles. The minimum absolute atomic E-state index is 0.128. The molecule has 0 aliphatic carbocycles. The molecule has 0 bridgehead atoms. The molecule has 0 N–H and O–H groups in total. The molecule has 2 aromatic carbocycles. The number of carbonyl (C=O) groups excluding carboxylic acids is 1. The van der Waals surface area contributed by atoms with E-state index in [0.29, 0.717) is 6.54 Å². The Bertz CT molecular complexity index is 792. The molecule has 1 aromatic heterocycles. The van der Waals surface area contributed by atoms with Crippen LogP contribution in [-0.4, -0.2) is 5.78 Å². The van der Waals surface area contributed by atoms with Crippen molar-refractivity contribution in [1.29, 1.82) is 0 Å². The second-order valence-electron chi connectivity index (χ2n) is 5.60. The van der Waals surface area contributed by atoms with Crippen LogP contribution >= 0.6 is 0 Å². The van der Waals surface area contributed by atoms with Gasteiger partial charge in [0.05, 0.1) is 0 Å². The molecule has 0 radical (unpaired) electrons. The first kappa shape index (κ1) is 15.2. The Hall–Kier alpha value is -2.74. The summed E-state index contributed by atoms with van der Waals surface area (Å²) in [6, 6.07) is 22.1. The Kier molecular flexibility index (Phi) is 4.62. The number of benzene rings is 2. The molecule has 114 valence electrons. The van der Waals surface area contributed by atoms with E-state index in [1.165, 1.54) is 5.56 Å². The zero-order valence-corrected chi connectivity index (χ0v) is 13.3. The van der Waals surface area contributed by atoms with Gasteiger partial charge in [-0.2, -0.15) is 4.57 Å². The van der Waals surface area contributed by atoms with E-state index in [-0.39, 0.29) is 5.78 Å². The highest BCUT2D eigenvalue weighted by molar-refractivity contribution is 5.95. The molecule has 2 heteroatoms. The normalized spacial score (nSPS) is 10.5. The minimum atomic E-state index is 0.128. The fourth-order valence-electron chi connectivity index (χ4n) is 2.61. The fraction of sp³-hybridized carbons (Fsp3) is 0.143. The maximum absolute atomic E-state index is 12.4. The predicted molar refractivity (Wildman–Crippen MR) is 92.2 cm³/mol. The number of Topliss-reactive ketones (excluding diaryl/α,β-unsaturated/α-hetero) is 1. The number of nitrogens with zero attached hydrogens (tertiary/aromatic N) is 1. The molecule has 0 spiro atoms. The van der Waals surface area contributed by atoms with Crippen molar-refractivity contribution < 1.29 is 9.36 Å². The fourth-order valence-corrected chi connectivity index (χ4v) is 2.61. The molecule has 0 aliphatic heterocycles. The van der Waals surface area contributed by atoms with Crippen molar-refractivity contribution in [2.75, 3.05) is 0 Å². The summed E-state index contributed by atoms with van der Waals surface area (Å²) in [5, 5.41) is 0. The lowest BCUT2D eigenvalue weighted by Gasteiger charge is -2.02. The summed E-state index contributed by atoms with van der Waals surface area (Å²) in [5.74, 6) is 0.128. The van der Waals surface area contributed by atoms with Crippen molar-refractivity contribution >= 4 is 5.78 Å². The number of hydrogen-bond donors (Lipinski definition) is 0. The first-order valence-electron chi connectivity index (χ1n) is 7.93. The van der Waals surface area contributed by atoms with E-state index in [9.17, 15) is 4.79 Å². The van der Waals surface area contributed by atoms with Gasteiger partial charge in [-0.3, -0.25) is 4.79 Å². The molecule has 0 fully saturated rings. The van der Waals surface area contributed by atoms with Gasteiger partial charge in [0.2, 0.25) is 12.3 Å². The van der Waals surface area contributed by atoms with Crippen molar-refractivity contribution in [2.24, 2.45) is 0 Å². The van der Waals surface area contributed by atoms with Gasteiger partial charge in [-0.25, -0.2) is 0 Å². The van der Waals surface area contributed by atoms with Crippen molar-refractivity contribution in [1.82, 2.24) is 0 Å². The summed E-state index contributed by atoms with van der Waals surface area (Å²) in [6.45, 7) is 2.47. The van der Waals surface area contributed by atoms with Crippen molar-refractivity contribution in [2.45, 2.75) is 19.9 Å². The molecule has 3 rings (SSSR count). The van der Waals surface area contributed by atoms with Crippen LogP contribution in [0.4, 0.5) is 0 Å². The topological polar surface area (TPSA) is 20.9 Å². The number of pyridine rings is 1. The standard InChI is InChI=1S/C21H20NO/c1-2-17-10-12-19(13-11-17)21(23)16-22-14-6-9-20(15-22)18-7-4-3-5-8-18/h3-15H,2,16H2,1H3/q+1. The van der Waals surface area contributed by atoms with Crippen LogP contribution in [0.2, 0.25) is 0 Å². The first-order valence-corrected chi connectivity index (χ1v) is 7.93. The SMILES string of the molecule is CCc1ccc(C(=O)C[n+]2cccc(-c3ccccc3)c2)cc1. The van der Waals surface area contributed by atoms with Gasteiger partial charge in [0, 0.05) is 17.2 Å². The van der Waals surface area contributed by atoms with Crippen LogP contribution in [0.25, 0.3) is 11.1 Å². The Morgan fingerprint density at radius 3 is 2.26 bits per heavy atom. The van der Waals surface area contributed by atoms with E-state index in [1.807, 2.05) is 65.5 Å². The number of aryl methyl sites for hydroxylation is 1. The minimum Gasteiger partial charge on any atom is -0.287 e. The third-order valence-electron chi connectivity index (χ3n) is 3.98. The van der Waals surface area contributed by atoms with Crippen LogP contribution in [-0.2, 0) is 13.0 Å². The molecule has 3 aromatic rings. The Balaban J connectivity index is 1.78. The maximum atomic E-state index is 12.4. The van der Waals surface area contributed by atoms with Gasteiger partial charge in [0.15, 0.2) is 12.4 Å². The highest BCUT2D eigenvalue weighted by Gasteiger charge is 2.13. The lowest BCUT2D eigenvalue weighted by atomic mass is 10.1. The molecule has 0 saturated carbocycles. The van der Waals surface area contributed by atoms with Gasteiger partial charge >= 0.3 is 0 Å². The second kappa shape index (κ2) is 7.01. The van der Waals surface area contributed by atoms with Crippen LogP contribution in [0.15, 0.2) is 79.1 Å². The van der Waals surface area contributed by atoms with Crippen molar-refractivity contribution in [3.8, 4) is 11.1 Å². The average Bonchev–Trinajstić information content (AvgIpc) is 2.63. The lowest BCUT2D eigenvalue weighted by molar-refractivity contribution is -0.682. The van der Waals surface area contributed by atoms with Crippen LogP contribution in [0.5, 0.6) is 0 Å². The Morgan fingerprint density at radius 1 is 0.870 bits per heavy atom. The van der Waals surface area contributed by atoms with E-state index in [1.54, 1.807) is 0 Å². The molecular weight excluding hydrogens is 282 g/mol. The van der Waals surface area contributed by atoms with Gasteiger partial charge in [-0.05, 0) is 23.6 Å². The number of ketones is 1. The third-order valence-corrected chi connectivity index (χ3v) is 3.98. The largest absolute Gasteiger partial charge is 0.287 e.